The van der Waals surface area contributed by atoms with Crippen molar-refractivity contribution < 1.29 is 22.7 Å². The predicted octanol–water partition coefficient (Wildman–Crippen LogP) is 3.50. The lowest BCUT2D eigenvalue weighted by Gasteiger charge is -2.22. The van der Waals surface area contributed by atoms with Crippen LogP contribution in [0.15, 0.2) is 57.8 Å². The number of thioether (sulfide) groups is 1. The zero-order valence-electron chi connectivity index (χ0n) is 18.4. The first-order valence-corrected chi connectivity index (χ1v) is 13.2. The third-order valence-electron chi connectivity index (χ3n) is 5.46. The highest BCUT2D eigenvalue weighted by molar-refractivity contribution is 8.15. The van der Waals surface area contributed by atoms with Gasteiger partial charge in [0.25, 0.3) is 15.9 Å². The molecule has 0 aliphatic carbocycles. The number of rotatable bonds is 7. The van der Waals surface area contributed by atoms with Crippen molar-refractivity contribution in [1.29, 1.82) is 0 Å². The van der Waals surface area contributed by atoms with E-state index in [1.54, 1.807) is 25.1 Å². The molecule has 0 saturated heterocycles. The van der Waals surface area contributed by atoms with Gasteiger partial charge in [-0.3, -0.25) is 4.79 Å². The monoisotopic (exact) mass is 487 g/mol. The summed E-state index contributed by atoms with van der Waals surface area (Å²) in [7, 11) is -3.45. The molecular formula is C23H25N3O5S2. The number of amidine groups is 1. The maximum Gasteiger partial charge on any atom is 0.338 e. The van der Waals surface area contributed by atoms with Crippen molar-refractivity contribution in [1.82, 2.24) is 5.32 Å². The topological polar surface area (TPSA) is 105 Å². The first-order valence-electron chi connectivity index (χ1n) is 10.8. The van der Waals surface area contributed by atoms with E-state index in [2.05, 4.69) is 9.71 Å². The van der Waals surface area contributed by atoms with E-state index in [0.29, 0.717) is 11.7 Å². The largest absolute Gasteiger partial charge is 0.449 e. The van der Waals surface area contributed by atoms with Gasteiger partial charge < -0.3 is 15.0 Å². The first kappa shape index (κ1) is 23.3. The van der Waals surface area contributed by atoms with Gasteiger partial charge in [0, 0.05) is 11.4 Å². The van der Waals surface area contributed by atoms with Gasteiger partial charge in [-0.25, -0.2) is 13.2 Å². The molecule has 2 aromatic carbocycles. The van der Waals surface area contributed by atoms with Crippen molar-refractivity contribution in [3.8, 4) is 0 Å². The second kappa shape index (κ2) is 9.56. The third kappa shape index (κ3) is 5.22. The molecule has 0 spiro atoms. The van der Waals surface area contributed by atoms with E-state index in [-0.39, 0.29) is 23.3 Å². The molecule has 0 fully saturated rings. The van der Waals surface area contributed by atoms with Crippen molar-refractivity contribution >= 4 is 44.5 Å². The average molecular weight is 488 g/mol. The molecular weight excluding hydrogens is 462 g/mol. The fourth-order valence-corrected chi connectivity index (χ4v) is 6.02. The summed E-state index contributed by atoms with van der Waals surface area (Å²) in [5.41, 5.74) is 2.10. The molecule has 0 saturated carbocycles. The molecule has 8 nitrogen and oxygen atoms in total. The minimum atomic E-state index is -3.45. The van der Waals surface area contributed by atoms with Gasteiger partial charge >= 0.3 is 5.97 Å². The van der Waals surface area contributed by atoms with Crippen LogP contribution in [0.25, 0.3) is 0 Å². The highest BCUT2D eigenvalue weighted by Crippen LogP contribution is 2.42. The number of hydrogen-bond donors (Lipinski definition) is 1. The summed E-state index contributed by atoms with van der Waals surface area (Å²) in [4.78, 5) is 28.0. The number of hydrogen-bond acceptors (Lipinski definition) is 7. The van der Waals surface area contributed by atoms with Crippen LogP contribution < -0.4 is 10.2 Å². The number of ether oxygens (including phenoxy) is 1. The average Bonchev–Trinajstić information content (AvgIpc) is 3.14. The van der Waals surface area contributed by atoms with Crippen molar-refractivity contribution in [3.05, 3.63) is 59.7 Å². The summed E-state index contributed by atoms with van der Waals surface area (Å²) < 4.78 is 32.8. The molecule has 1 amide bonds. The maximum absolute atomic E-state index is 12.7. The van der Waals surface area contributed by atoms with E-state index in [0.717, 1.165) is 29.0 Å². The van der Waals surface area contributed by atoms with Gasteiger partial charge in [-0.05, 0) is 48.9 Å². The maximum atomic E-state index is 12.7. The van der Waals surface area contributed by atoms with E-state index in [4.69, 9.17) is 4.74 Å². The molecule has 0 bridgehead atoms. The minimum absolute atomic E-state index is 0.0467. The lowest BCUT2D eigenvalue weighted by atomic mass is 10.0. The standard InChI is InChI=1S/C23H25N3O5S2/c1-3-7-18(16-8-5-4-6-9-16)24-21(27)15(2)31-22(28)17-10-11-19-20(14-17)32-23-25-33(29,30)13-12-26(19)23/h4-6,8-11,14-15,18H,3,7,12-13H2,1-2H3,(H,24,27)/t15-,18-/m1/s1. The highest BCUT2D eigenvalue weighted by Gasteiger charge is 2.33. The zero-order valence-corrected chi connectivity index (χ0v) is 20.0. The summed E-state index contributed by atoms with van der Waals surface area (Å²) in [6, 6.07) is 14.5. The molecule has 2 aliphatic heterocycles. The third-order valence-corrected chi connectivity index (χ3v) is 7.76. The zero-order chi connectivity index (χ0) is 23.6. The fourth-order valence-electron chi connectivity index (χ4n) is 3.72. The molecule has 1 N–H and O–H groups in total. The van der Waals surface area contributed by atoms with Gasteiger partial charge in [0.2, 0.25) is 0 Å². The normalized spacial score (nSPS) is 17.9. The van der Waals surface area contributed by atoms with E-state index < -0.39 is 22.1 Å². The predicted molar refractivity (Wildman–Crippen MR) is 128 cm³/mol. The molecule has 2 aromatic rings. The Morgan fingerprint density at radius 1 is 1.21 bits per heavy atom. The number of esters is 1. The van der Waals surface area contributed by atoms with Gasteiger partial charge in [-0.1, -0.05) is 43.7 Å². The number of carbonyl (C=O) groups excluding carboxylic acids is 2. The van der Waals surface area contributed by atoms with Gasteiger partial charge in [0.1, 0.15) is 0 Å². The number of nitrogens with one attached hydrogen (secondary N) is 1. The number of fused-ring (bicyclic) bond motifs is 3. The van der Waals surface area contributed by atoms with Crippen LogP contribution in [-0.2, 0) is 19.6 Å². The van der Waals surface area contributed by atoms with Gasteiger partial charge in [0.05, 0.1) is 23.0 Å². The Hall–Kier alpha value is -2.85. The van der Waals surface area contributed by atoms with Crippen molar-refractivity contribution in [2.45, 2.75) is 43.7 Å². The van der Waals surface area contributed by atoms with Crippen LogP contribution in [0.1, 0.15) is 48.7 Å². The van der Waals surface area contributed by atoms with Crippen molar-refractivity contribution in [2.75, 3.05) is 17.2 Å². The second-order valence-electron chi connectivity index (χ2n) is 7.90. The number of sulfonamides is 1. The molecule has 174 valence electrons. The van der Waals surface area contributed by atoms with Crippen LogP contribution in [0.4, 0.5) is 5.69 Å². The second-order valence-corrected chi connectivity index (χ2v) is 10.7. The van der Waals surface area contributed by atoms with Crippen LogP contribution in [0, 0.1) is 0 Å². The minimum Gasteiger partial charge on any atom is -0.449 e. The van der Waals surface area contributed by atoms with Crippen LogP contribution in [0.5, 0.6) is 0 Å². The Kier molecular flexibility index (Phi) is 6.76. The quantitative estimate of drug-likeness (QED) is 0.596. The van der Waals surface area contributed by atoms with E-state index >= 15 is 0 Å². The summed E-state index contributed by atoms with van der Waals surface area (Å²) in [6.45, 7) is 3.91. The molecule has 0 unspecified atom stereocenters. The van der Waals surface area contributed by atoms with E-state index in [1.165, 1.54) is 11.8 Å². The number of carbonyl (C=O) groups is 2. The molecule has 2 atom stereocenters. The molecule has 4 rings (SSSR count). The Bertz CT molecular complexity index is 1200. The molecule has 2 aliphatic rings. The summed E-state index contributed by atoms with van der Waals surface area (Å²) in [6.07, 6.45) is 0.696. The van der Waals surface area contributed by atoms with Crippen LogP contribution in [-0.4, -0.2) is 43.9 Å². The summed E-state index contributed by atoms with van der Waals surface area (Å²) >= 11 is 1.20. The molecule has 0 aromatic heterocycles. The van der Waals surface area contributed by atoms with Crippen LogP contribution in [0.3, 0.4) is 0 Å². The Labute approximate surface area is 197 Å². The number of nitrogens with zero attached hydrogens (tertiary/aromatic N) is 2. The smallest absolute Gasteiger partial charge is 0.338 e. The summed E-state index contributed by atoms with van der Waals surface area (Å²) in [5, 5.41) is 3.36. The molecule has 10 heteroatoms. The van der Waals surface area contributed by atoms with Gasteiger partial charge in [-0.15, -0.1) is 4.40 Å². The Morgan fingerprint density at radius 3 is 2.70 bits per heavy atom. The fraction of sp³-hybridized carbons (Fsp3) is 0.348. The van der Waals surface area contributed by atoms with Crippen LogP contribution >= 0.6 is 11.8 Å². The lowest BCUT2D eigenvalue weighted by Crippen LogP contribution is -2.38. The van der Waals surface area contributed by atoms with Crippen LogP contribution in [0.2, 0.25) is 0 Å². The number of anilines is 1. The Morgan fingerprint density at radius 2 is 1.97 bits per heavy atom. The summed E-state index contributed by atoms with van der Waals surface area (Å²) in [5.74, 6) is -1.03. The van der Waals surface area contributed by atoms with Crippen molar-refractivity contribution in [3.63, 3.8) is 0 Å². The van der Waals surface area contributed by atoms with Gasteiger partial charge in [0.15, 0.2) is 11.3 Å². The van der Waals surface area contributed by atoms with E-state index in [1.807, 2.05) is 42.2 Å². The highest BCUT2D eigenvalue weighted by atomic mass is 32.2. The van der Waals surface area contributed by atoms with Crippen molar-refractivity contribution in [2.24, 2.45) is 4.40 Å². The van der Waals surface area contributed by atoms with Gasteiger partial charge in [-0.2, -0.15) is 0 Å². The molecule has 0 radical (unpaired) electrons. The molecule has 2 heterocycles. The number of benzene rings is 2. The van der Waals surface area contributed by atoms with E-state index in [9.17, 15) is 18.0 Å². The SMILES string of the molecule is CCC[C@@H](NC(=O)[C@@H](C)OC(=O)c1ccc2c(c1)SC1=NS(=O)(=O)CCN12)c1ccccc1. The molecule has 33 heavy (non-hydrogen) atoms. The Balaban J connectivity index is 1.42. The first-order chi connectivity index (χ1) is 15.8. The number of amides is 1. The lowest BCUT2D eigenvalue weighted by molar-refractivity contribution is -0.129.